The zero-order valence-electron chi connectivity index (χ0n) is 13.0. The van der Waals surface area contributed by atoms with Crippen LogP contribution in [0.25, 0.3) is 0 Å². The van der Waals surface area contributed by atoms with Crippen molar-refractivity contribution >= 4 is 5.97 Å². The Morgan fingerprint density at radius 2 is 2.04 bits per heavy atom. The largest absolute Gasteiger partial charge is 0.497 e. The lowest BCUT2D eigenvalue weighted by Crippen LogP contribution is -2.19. The standard InChI is InChI=1S/C18H18O5/c1-11(19)22-14-5-3-4-12(8-14)17-10-16(20)15-7-6-13(21-2)9-18(15)23-17/h3-9,16-17,20H,10H2,1-2H3/t16-,17+/m1/s1. The summed E-state index contributed by atoms with van der Waals surface area (Å²) in [6, 6.07) is 12.5. The Kier molecular flexibility index (Phi) is 4.21. The first-order chi connectivity index (χ1) is 11.1. The summed E-state index contributed by atoms with van der Waals surface area (Å²) in [5.41, 5.74) is 1.59. The Bertz CT molecular complexity index is 725. The van der Waals surface area contributed by atoms with Gasteiger partial charge in [0.05, 0.1) is 13.2 Å². The van der Waals surface area contributed by atoms with Gasteiger partial charge in [-0.3, -0.25) is 4.79 Å². The molecule has 0 spiro atoms. The third-order valence-corrected chi connectivity index (χ3v) is 3.78. The Labute approximate surface area is 134 Å². The SMILES string of the molecule is COc1ccc2c(c1)O[C@H](c1cccc(OC(C)=O)c1)C[C@H]2O. The smallest absolute Gasteiger partial charge is 0.308 e. The van der Waals surface area contributed by atoms with Gasteiger partial charge in [-0.1, -0.05) is 12.1 Å². The van der Waals surface area contributed by atoms with E-state index in [4.69, 9.17) is 14.2 Å². The molecule has 0 saturated heterocycles. The van der Waals surface area contributed by atoms with Crippen LogP contribution in [0, 0.1) is 0 Å². The van der Waals surface area contributed by atoms with Gasteiger partial charge in [0.2, 0.25) is 0 Å². The molecule has 1 N–H and O–H groups in total. The predicted octanol–water partition coefficient (Wildman–Crippen LogP) is 3.18. The van der Waals surface area contributed by atoms with Gasteiger partial charge in [0.1, 0.15) is 23.4 Å². The van der Waals surface area contributed by atoms with Gasteiger partial charge >= 0.3 is 5.97 Å². The number of hydrogen-bond acceptors (Lipinski definition) is 5. The van der Waals surface area contributed by atoms with E-state index in [0.717, 1.165) is 11.1 Å². The van der Waals surface area contributed by atoms with Crippen molar-refractivity contribution in [1.82, 2.24) is 0 Å². The van der Waals surface area contributed by atoms with Crippen LogP contribution in [0.3, 0.4) is 0 Å². The molecule has 0 aromatic heterocycles. The van der Waals surface area contributed by atoms with E-state index in [2.05, 4.69) is 0 Å². The highest BCUT2D eigenvalue weighted by Gasteiger charge is 2.28. The van der Waals surface area contributed by atoms with Gasteiger partial charge < -0.3 is 19.3 Å². The summed E-state index contributed by atoms with van der Waals surface area (Å²) in [6.45, 7) is 1.36. The number of carbonyl (C=O) groups excluding carboxylic acids is 1. The minimum atomic E-state index is -0.618. The summed E-state index contributed by atoms with van der Waals surface area (Å²) >= 11 is 0. The van der Waals surface area contributed by atoms with Crippen LogP contribution < -0.4 is 14.2 Å². The maximum atomic E-state index is 11.1. The monoisotopic (exact) mass is 314 g/mol. The Balaban J connectivity index is 1.88. The molecular formula is C18H18O5. The van der Waals surface area contributed by atoms with Crippen molar-refractivity contribution in [3.63, 3.8) is 0 Å². The second-order valence-electron chi connectivity index (χ2n) is 5.43. The third-order valence-electron chi connectivity index (χ3n) is 3.78. The number of ether oxygens (including phenoxy) is 3. The summed E-state index contributed by atoms with van der Waals surface area (Å²) in [5.74, 6) is 1.36. The first-order valence-electron chi connectivity index (χ1n) is 7.38. The molecule has 23 heavy (non-hydrogen) atoms. The highest BCUT2D eigenvalue weighted by Crippen LogP contribution is 2.42. The fraction of sp³-hybridized carbons (Fsp3) is 0.278. The third kappa shape index (κ3) is 3.29. The lowest BCUT2D eigenvalue weighted by atomic mass is 9.95. The number of esters is 1. The molecule has 120 valence electrons. The van der Waals surface area contributed by atoms with Crippen molar-refractivity contribution in [2.75, 3.05) is 7.11 Å². The average molecular weight is 314 g/mol. The molecule has 0 radical (unpaired) electrons. The second kappa shape index (κ2) is 6.30. The number of rotatable bonds is 3. The van der Waals surface area contributed by atoms with Gasteiger partial charge in [-0.25, -0.2) is 0 Å². The molecule has 1 heterocycles. The fourth-order valence-corrected chi connectivity index (χ4v) is 2.70. The van der Waals surface area contributed by atoms with Crippen molar-refractivity contribution in [3.8, 4) is 17.2 Å². The molecule has 2 atom stereocenters. The van der Waals surface area contributed by atoms with Crippen LogP contribution in [0.2, 0.25) is 0 Å². The Morgan fingerprint density at radius 1 is 1.22 bits per heavy atom. The van der Waals surface area contributed by atoms with Crippen LogP contribution in [0.4, 0.5) is 0 Å². The summed E-state index contributed by atoms with van der Waals surface area (Å²) < 4.78 is 16.3. The molecule has 1 aliphatic heterocycles. The fourth-order valence-electron chi connectivity index (χ4n) is 2.70. The molecule has 0 fully saturated rings. The molecule has 0 amide bonds. The number of methoxy groups -OCH3 is 1. The topological polar surface area (TPSA) is 65.0 Å². The molecule has 5 heteroatoms. The molecule has 0 unspecified atom stereocenters. The maximum Gasteiger partial charge on any atom is 0.308 e. The van der Waals surface area contributed by atoms with E-state index in [1.165, 1.54) is 6.92 Å². The van der Waals surface area contributed by atoms with E-state index in [9.17, 15) is 9.90 Å². The van der Waals surface area contributed by atoms with Gasteiger partial charge in [0.25, 0.3) is 0 Å². The van der Waals surface area contributed by atoms with Crippen LogP contribution in [-0.2, 0) is 4.79 Å². The number of hydrogen-bond donors (Lipinski definition) is 1. The predicted molar refractivity (Wildman–Crippen MR) is 83.7 cm³/mol. The molecule has 0 bridgehead atoms. The summed E-state index contributed by atoms with van der Waals surface area (Å²) in [7, 11) is 1.58. The zero-order valence-corrected chi connectivity index (χ0v) is 13.0. The van der Waals surface area contributed by atoms with E-state index in [0.29, 0.717) is 23.7 Å². The highest BCUT2D eigenvalue weighted by molar-refractivity contribution is 5.69. The molecule has 5 nitrogen and oxygen atoms in total. The molecule has 3 rings (SSSR count). The Morgan fingerprint density at radius 3 is 2.78 bits per heavy atom. The number of fused-ring (bicyclic) bond motifs is 1. The lowest BCUT2D eigenvalue weighted by Gasteiger charge is -2.30. The maximum absolute atomic E-state index is 11.1. The first-order valence-corrected chi connectivity index (χ1v) is 7.38. The number of benzene rings is 2. The van der Waals surface area contributed by atoms with Crippen LogP contribution in [-0.4, -0.2) is 18.2 Å². The molecular weight excluding hydrogens is 296 g/mol. The van der Waals surface area contributed by atoms with Gasteiger partial charge in [-0.15, -0.1) is 0 Å². The quantitative estimate of drug-likeness (QED) is 0.696. The van der Waals surface area contributed by atoms with E-state index in [1.807, 2.05) is 12.1 Å². The van der Waals surface area contributed by atoms with Gasteiger partial charge in [0.15, 0.2) is 0 Å². The van der Waals surface area contributed by atoms with E-state index < -0.39 is 6.10 Å². The average Bonchev–Trinajstić information content (AvgIpc) is 2.53. The van der Waals surface area contributed by atoms with Crippen molar-refractivity contribution in [3.05, 3.63) is 53.6 Å². The zero-order chi connectivity index (χ0) is 16.4. The van der Waals surface area contributed by atoms with Crippen molar-refractivity contribution < 1.29 is 24.1 Å². The second-order valence-corrected chi connectivity index (χ2v) is 5.43. The van der Waals surface area contributed by atoms with Crippen LogP contribution in [0.1, 0.15) is 36.7 Å². The summed E-state index contributed by atoms with van der Waals surface area (Å²) in [5, 5.41) is 10.4. The van der Waals surface area contributed by atoms with Gasteiger partial charge in [-0.05, 0) is 29.8 Å². The number of carbonyl (C=O) groups is 1. The molecule has 0 aliphatic carbocycles. The van der Waals surface area contributed by atoms with Crippen LogP contribution in [0.15, 0.2) is 42.5 Å². The summed E-state index contributed by atoms with van der Waals surface area (Å²) in [6.07, 6.45) is -0.504. The Hall–Kier alpha value is -2.53. The van der Waals surface area contributed by atoms with Crippen molar-refractivity contribution in [2.24, 2.45) is 0 Å². The van der Waals surface area contributed by atoms with Crippen molar-refractivity contribution in [1.29, 1.82) is 0 Å². The first kappa shape index (κ1) is 15.4. The van der Waals surface area contributed by atoms with E-state index >= 15 is 0 Å². The highest BCUT2D eigenvalue weighted by atomic mass is 16.5. The number of aliphatic hydroxyl groups excluding tert-OH is 1. The van der Waals surface area contributed by atoms with Gasteiger partial charge in [-0.2, -0.15) is 0 Å². The summed E-state index contributed by atoms with van der Waals surface area (Å²) in [4.78, 5) is 11.1. The normalized spacial score (nSPS) is 19.4. The van der Waals surface area contributed by atoms with Crippen molar-refractivity contribution in [2.45, 2.75) is 25.6 Å². The minimum absolute atomic E-state index is 0.319. The van der Waals surface area contributed by atoms with Crippen LogP contribution in [0.5, 0.6) is 17.2 Å². The number of aliphatic hydroxyl groups is 1. The van der Waals surface area contributed by atoms with Gasteiger partial charge in [0, 0.05) is 25.0 Å². The molecule has 1 aliphatic rings. The molecule has 2 aromatic carbocycles. The lowest BCUT2D eigenvalue weighted by molar-refractivity contribution is -0.131. The van der Waals surface area contributed by atoms with Crippen LogP contribution >= 0.6 is 0 Å². The molecule has 2 aromatic rings. The van der Waals surface area contributed by atoms with E-state index in [1.54, 1.807) is 37.4 Å². The minimum Gasteiger partial charge on any atom is -0.497 e. The molecule has 0 saturated carbocycles. The van der Waals surface area contributed by atoms with E-state index in [-0.39, 0.29) is 12.1 Å².